The van der Waals surface area contributed by atoms with Gasteiger partial charge in [-0.3, -0.25) is 15.0 Å². The van der Waals surface area contributed by atoms with Crippen molar-refractivity contribution in [3.05, 3.63) is 0 Å². The zero-order valence-electron chi connectivity index (χ0n) is 8.26. The molecule has 7 nitrogen and oxygen atoms in total. The van der Waals surface area contributed by atoms with Crippen LogP contribution in [0.3, 0.4) is 0 Å². The Hall–Kier alpha value is -1.15. The minimum atomic E-state index is -3.09. The number of nitrogens with zero attached hydrogens (tertiary/aromatic N) is 1. The third kappa shape index (κ3) is 2.66. The molecule has 1 rings (SSSR count). The van der Waals surface area contributed by atoms with Crippen molar-refractivity contribution in [3.63, 3.8) is 0 Å². The lowest BCUT2D eigenvalue weighted by Crippen LogP contribution is -2.54. The summed E-state index contributed by atoms with van der Waals surface area (Å²) in [6, 6.07) is -0.492. The first-order valence-electron chi connectivity index (χ1n) is 4.39. The lowest BCUT2D eigenvalue weighted by Gasteiger charge is -2.32. The van der Waals surface area contributed by atoms with Crippen LogP contribution in [0.1, 0.15) is 6.92 Å². The molecule has 1 unspecified atom stereocenters. The van der Waals surface area contributed by atoms with Crippen molar-refractivity contribution in [2.24, 2.45) is 5.84 Å². The van der Waals surface area contributed by atoms with E-state index in [-0.39, 0.29) is 18.1 Å². The Morgan fingerprint density at radius 1 is 1.47 bits per heavy atom. The molecule has 1 heterocycles. The van der Waals surface area contributed by atoms with Gasteiger partial charge in [-0.25, -0.2) is 14.3 Å². The number of carbonyl (C=O) groups excluding carboxylic acids is 2. The Balaban J connectivity index is 2.75. The van der Waals surface area contributed by atoms with Gasteiger partial charge in [0.1, 0.15) is 0 Å². The number of amides is 2. The van der Waals surface area contributed by atoms with Gasteiger partial charge in [0, 0.05) is 12.6 Å². The van der Waals surface area contributed by atoms with Gasteiger partial charge in [-0.15, -0.1) is 0 Å². The Bertz CT molecular complexity index is 378. The quantitative estimate of drug-likeness (QED) is 0.211. The van der Waals surface area contributed by atoms with E-state index in [9.17, 15) is 18.0 Å². The van der Waals surface area contributed by atoms with E-state index in [1.54, 1.807) is 12.3 Å². The van der Waals surface area contributed by atoms with Crippen molar-refractivity contribution < 1.29 is 18.0 Å². The number of rotatable bonds is 0. The van der Waals surface area contributed by atoms with Crippen LogP contribution in [-0.2, 0) is 19.4 Å². The second kappa shape index (κ2) is 4.15. The second-order valence-electron chi connectivity index (χ2n) is 3.44. The van der Waals surface area contributed by atoms with Crippen LogP contribution in [-0.4, -0.2) is 49.2 Å². The van der Waals surface area contributed by atoms with Crippen LogP contribution >= 0.6 is 0 Å². The van der Waals surface area contributed by atoms with E-state index in [1.165, 1.54) is 4.90 Å². The van der Waals surface area contributed by atoms with E-state index in [1.807, 2.05) is 0 Å². The summed E-state index contributed by atoms with van der Waals surface area (Å²) in [6.07, 6.45) is 0. The molecule has 1 fully saturated rings. The summed E-state index contributed by atoms with van der Waals surface area (Å²) < 4.78 is 22.4. The summed E-state index contributed by atoms with van der Waals surface area (Å²) >= 11 is 0. The zero-order valence-corrected chi connectivity index (χ0v) is 9.08. The van der Waals surface area contributed by atoms with Gasteiger partial charge < -0.3 is 4.90 Å². The lowest BCUT2D eigenvalue weighted by molar-refractivity contribution is -0.146. The van der Waals surface area contributed by atoms with Crippen LogP contribution in [0.15, 0.2) is 0 Å². The normalized spacial score (nSPS) is 24.7. The smallest absolute Gasteiger partial charge is 0.323 e. The highest BCUT2D eigenvalue weighted by atomic mass is 32.2. The van der Waals surface area contributed by atoms with E-state index in [4.69, 9.17) is 5.84 Å². The molecule has 3 N–H and O–H groups in total. The van der Waals surface area contributed by atoms with Gasteiger partial charge in [0.05, 0.1) is 11.5 Å². The van der Waals surface area contributed by atoms with Crippen molar-refractivity contribution in [1.82, 2.24) is 10.3 Å². The summed E-state index contributed by atoms with van der Waals surface area (Å²) in [6.45, 7) is 1.62. The van der Waals surface area contributed by atoms with Crippen molar-refractivity contribution in [2.75, 3.05) is 18.1 Å². The molecular weight excluding hydrogens is 222 g/mol. The van der Waals surface area contributed by atoms with Gasteiger partial charge in [0.15, 0.2) is 9.84 Å². The highest BCUT2D eigenvalue weighted by Gasteiger charge is 2.33. The molecule has 8 heteroatoms. The maximum Gasteiger partial charge on any atom is 0.323 e. The minimum Gasteiger partial charge on any atom is -0.330 e. The molecule has 0 spiro atoms. The van der Waals surface area contributed by atoms with Gasteiger partial charge in [0.2, 0.25) is 0 Å². The van der Waals surface area contributed by atoms with Crippen LogP contribution in [0.25, 0.3) is 0 Å². The zero-order chi connectivity index (χ0) is 11.6. The first-order valence-corrected chi connectivity index (χ1v) is 6.21. The number of nitrogens with one attached hydrogen (secondary N) is 1. The van der Waals surface area contributed by atoms with E-state index in [2.05, 4.69) is 0 Å². The van der Waals surface area contributed by atoms with Crippen LogP contribution in [0.2, 0.25) is 0 Å². The third-order valence-corrected chi connectivity index (χ3v) is 4.05. The van der Waals surface area contributed by atoms with Crippen LogP contribution in [0.4, 0.5) is 0 Å². The topological polar surface area (TPSA) is 110 Å². The lowest BCUT2D eigenvalue weighted by atomic mass is 10.3. The molecule has 0 aromatic heterocycles. The van der Waals surface area contributed by atoms with Gasteiger partial charge in [-0.05, 0) is 6.92 Å². The molecule has 15 heavy (non-hydrogen) atoms. The maximum absolute atomic E-state index is 11.4. The fourth-order valence-electron chi connectivity index (χ4n) is 1.49. The van der Waals surface area contributed by atoms with Crippen molar-refractivity contribution in [1.29, 1.82) is 0 Å². The Kier molecular flexibility index (Phi) is 3.30. The molecular formula is C7H13N3O4S. The molecule has 0 radical (unpaired) electrons. The van der Waals surface area contributed by atoms with E-state index < -0.39 is 27.7 Å². The molecule has 2 amide bonds. The molecule has 86 valence electrons. The fraction of sp³-hybridized carbons (Fsp3) is 0.714. The maximum atomic E-state index is 11.4. The van der Waals surface area contributed by atoms with Crippen molar-refractivity contribution in [3.8, 4) is 0 Å². The highest BCUT2D eigenvalue weighted by molar-refractivity contribution is 7.91. The largest absolute Gasteiger partial charge is 0.330 e. The summed E-state index contributed by atoms with van der Waals surface area (Å²) in [4.78, 5) is 23.5. The predicted octanol–water partition coefficient (Wildman–Crippen LogP) is -2.38. The molecule has 0 aromatic rings. The second-order valence-corrected chi connectivity index (χ2v) is 5.66. The Labute approximate surface area is 87.5 Å². The minimum absolute atomic E-state index is 0.0375. The third-order valence-electron chi connectivity index (χ3n) is 2.26. The van der Waals surface area contributed by atoms with Crippen LogP contribution in [0.5, 0.6) is 0 Å². The predicted molar refractivity (Wildman–Crippen MR) is 52.2 cm³/mol. The van der Waals surface area contributed by atoms with Crippen molar-refractivity contribution in [2.45, 2.75) is 13.0 Å². The molecule has 0 aromatic carbocycles. The van der Waals surface area contributed by atoms with E-state index >= 15 is 0 Å². The van der Waals surface area contributed by atoms with Gasteiger partial charge in [-0.2, -0.15) is 0 Å². The number of hydrogen-bond acceptors (Lipinski definition) is 5. The average Bonchev–Trinajstić information content (AvgIpc) is 2.14. The van der Waals surface area contributed by atoms with Gasteiger partial charge in [0.25, 0.3) is 0 Å². The molecule has 0 bridgehead atoms. The molecule has 0 saturated carbocycles. The molecule has 1 atom stereocenters. The Morgan fingerprint density at radius 2 is 2.07 bits per heavy atom. The van der Waals surface area contributed by atoms with Crippen LogP contribution in [0, 0.1) is 0 Å². The summed E-state index contributed by atoms with van der Waals surface area (Å²) in [5.74, 6) is 2.87. The summed E-state index contributed by atoms with van der Waals surface area (Å²) in [5, 5.41) is 0. The first-order chi connectivity index (χ1) is 6.87. The summed E-state index contributed by atoms with van der Waals surface area (Å²) in [7, 11) is -3.09. The number of hydrazine groups is 1. The molecule has 1 saturated heterocycles. The molecule has 1 aliphatic heterocycles. The van der Waals surface area contributed by atoms with E-state index in [0.717, 1.165) is 0 Å². The van der Waals surface area contributed by atoms with Crippen molar-refractivity contribution >= 4 is 21.7 Å². The molecule has 1 aliphatic rings. The van der Waals surface area contributed by atoms with E-state index in [0.29, 0.717) is 0 Å². The number of hydrogen-bond donors (Lipinski definition) is 2. The summed E-state index contributed by atoms with van der Waals surface area (Å²) in [5.41, 5.74) is 1.72. The molecule has 0 aliphatic carbocycles. The number of nitrogens with two attached hydrogens (primary N) is 1. The van der Waals surface area contributed by atoms with Gasteiger partial charge >= 0.3 is 11.8 Å². The SMILES string of the molecule is CC1CS(=O)(=O)CCN1C(=O)C(=O)NN. The number of sulfone groups is 1. The van der Waals surface area contributed by atoms with Gasteiger partial charge in [-0.1, -0.05) is 0 Å². The monoisotopic (exact) mass is 235 g/mol. The highest BCUT2D eigenvalue weighted by Crippen LogP contribution is 2.11. The Morgan fingerprint density at radius 3 is 2.53 bits per heavy atom. The standard InChI is InChI=1S/C7H13N3O4S/c1-5-4-15(13,14)3-2-10(5)7(12)6(11)9-8/h5H,2-4,8H2,1H3,(H,9,11). The first kappa shape index (κ1) is 11.9. The number of carbonyl (C=O) groups is 2. The average molecular weight is 235 g/mol. The fourth-order valence-corrected chi connectivity index (χ4v) is 3.05. The van der Waals surface area contributed by atoms with Crippen LogP contribution < -0.4 is 11.3 Å².